The Balaban J connectivity index is 3.11. The van der Waals surface area contributed by atoms with Gasteiger partial charge in [-0.1, -0.05) is 0 Å². The molecule has 0 radical (unpaired) electrons. The summed E-state index contributed by atoms with van der Waals surface area (Å²) in [7, 11) is 0.452. The number of ether oxygens (including phenoxy) is 1. The number of halogens is 6. The van der Waals surface area contributed by atoms with E-state index in [1.807, 2.05) is 0 Å². The summed E-state index contributed by atoms with van der Waals surface area (Å²) in [5.41, 5.74) is -4.73. The number of allylic oxidation sites excluding steroid dienone is 1. The zero-order valence-electron chi connectivity index (χ0n) is 10.9. The van der Waals surface area contributed by atoms with E-state index in [9.17, 15) is 31.1 Å². The number of aliphatic hydroxyl groups excluding tert-OH is 1. The van der Waals surface area contributed by atoms with Gasteiger partial charge in [-0.25, -0.2) is 4.90 Å². The lowest BCUT2D eigenvalue weighted by molar-refractivity contribution is -0.398. The number of hydrogen-bond acceptors (Lipinski definition) is 5. The minimum Gasteiger partial charge on any atom is -0.505 e. The first-order valence-electron chi connectivity index (χ1n) is 5.70. The van der Waals surface area contributed by atoms with Crippen LogP contribution in [-0.2, 0) is 9.53 Å². The van der Waals surface area contributed by atoms with Crippen molar-refractivity contribution in [1.82, 2.24) is 4.90 Å². The van der Waals surface area contributed by atoms with Gasteiger partial charge in [0, 0.05) is 6.42 Å². The van der Waals surface area contributed by atoms with Crippen molar-refractivity contribution in [2.75, 3.05) is 7.05 Å². The summed E-state index contributed by atoms with van der Waals surface area (Å²) in [6.07, 6.45) is -12.4. The van der Waals surface area contributed by atoms with E-state index in [4.69, 9.17) is 10.5 Å². The average Bonchev–Trinajstić information content (AvgIpc) is 2.59. The molecular formula is C10H10F6N3O3+. The zero-order valence-corrected chi connectivity index (χ0v) is 10.9. The van der Waals surface area contributed by atoms with Crippen LogP contribution in [0.5, 0.6) is 0 Å². The topological polar surface area (TPSA) is 77.9 Å². The number of diazo groups is 1. The number of cyclic esters (lactones) is 1. The van der Waals surface area contributed by atoms with Crippen LogP contribution in [0.15, 0.2) is 12.0 Å². The van der Waals surface area contributed by atoms with Crippen molar-refractivity contribution in [2.24, 2.45) is 0 Å². The minimum absolute atomic E-state index is 0.265. The number of aliphatic hydroxyl groups is 1. The van der Waals surface area contributed by atoms with Gasteiger partial charge in [-0.15, -0.1) is 0 Å². The molecule has 0 unspecified atom stereocenters. The molecule has 0 aromatic carbocycles. The number of likely N-dealkylation sites (N-methyl/N-ethyl adjacent to an activating group) is 1. The van der Waals surface area contributed by atoms with Crippen molar-refractivity contribution in [1.29, 1.82) is 5.39 Å². The van der Waals surface area contributed by atoms with Crippen molar-refractivity contribution in [3.05, 3.63) is 16.9 Å². The van der Waals surface area contributed by atoms with Gasteiger partial charge in [0.2, 0.25) is 5.39 Å². The maximum Gasteiger partial charge on any atom is 0.453 e. The Morgan fingerprint density at radius 2 is 1.91 bits per heavy atom. The second-order valence-corrected chi connectivity index (χ2v) is 4.46. The third-order valence-electron chi connectivity index (χ3n) is 3.13. The summed E-state index contributed by atoms with van der Waals surface area (Å²) in [6, 6.07) is -1.88. The Morgan fingerprint density at radius 3 is 2.27 bits per heavy atom. The van der Waals surface area contributed by atoms with Crippen molar-refractivity contribution in [3.8, 4) is 0 Å². The van der Waals surface area contributed by atoms with Gasteiger partial charge in [0.25, 0.3) is 0 Å². The SMILES string of the molecule is CN1[C@@H](CC/C(O)=C/[N+]#N)C(=O)OC1(C(F)(F)F)C(F)(F)F. The minimum atomic E-state index is -5.90. The third-order valence-corrected chi connectivity index (χ3v) is 3.13. The van der Waals surface area contributed by atoms with Gasteiger partial charge in [0.05, 0.1) is 0 Å². The van der Waals surface area contributed by atoms with E-state index in [0.29, 0.717) is 13.2 Å². The van der Waals surface area contributed by atoms with E-state index >= 15 is 0 Å². The Kier molecular flexibility index (Phi) is 4.62. The molecule has 0 bridgehead atoms. The molecule has 124 valence electrons. The molecule has 1 aliphatic rings. The first-order chi connectivity index (χ1) is 9.88. The fourth-order valence-electron chi connectivity index (χ4n) is 2.07. The lowest BCUT2D eigenvalue weighted by Gasteiger charge is -2.37. The maximum atomic E-state index is 12.9. The Morgan fingerprint density at radius 1 is 1.41 bits per heavy atom. The Labute approximate surface area is 119 Å². The predicted octanol–water partition coefficient (Wildman–Crippen LogP) is 2.70. The third kappa shape index (κ3) is 2.80. The molecule has 1 rings (SSSR count). The number of alkyl halides is 6. The summed E-state index contributed by atoms with van der Waals surface area (Å²) in [5.74, 6) is -2.34. The number of carbonyl (C=O) groups is 1. The monoisotopic (exact) mass is 334 g/mol. The molecule has 6 nitrogen and oxygen atoms in total. The summed E-state index contributed by atoms with van der Waals surface area (Å²) in [6.45, 7) is 0. The van der Waals surface area contributed by atoms with E-state index in [2.05, 4.69) is 9.71 Å². The smallest absolute Gasteiger partial charge is 0.453 e. The Bertz CT molecular complexity index is 507. The summed E-state index contributed by atoms with van der Waals surface area (Å²) in [5, 5.41) is 17.2. The van der Waals surface area contributed by atoms with Crippen LogP contribution in [0.25, 0.3) is 4.98 Å². The van der Waals surface area contributed by atoms with Crippen LogP contribution in [0.3, 0.4) is 0 Å². The number of esters is 1. The van der Waals surface area contributed by atoms with Crippen LogP contribution in [0, 0.1) is 5.39 Å². The first-order valence-corrected chi connectivity index (χ1v) is 5.70. The van der Waals surface area contributed by atoms with E-state index in [1.165, 1.54) is 0 Å². The second-order valence-electron chi connectivity index (χ2n) is 4.46. The molecule has 1 fully saturated rings. The molecule has 1 atom stereocenters. The fourth-order valence-corrected chi connectivity index (χ4v) is 2.07. The molecule has 12 heteroatoms. The highest BCUT2D eigenvalue weighted by Gasteiger charge is 2.80. The van der Waals surface area contributed by atoms with E-state index in [-0.39, 0.29) is 4.90 Å². The van der Waals surface area contributed by atoms with Crippen molar-refractivity contribution < 1.29 is 41.0 Å². The molecule has 1 heterocycles. The van der Waals surface area contributed by atoms with E-state index in [0.717, 1.165) is 0 Å². The molecule has 1 N–H and O–H groups in total. The summed E-state index contributed by atoms with van der Waals surface area (Å²) in [4.78, 5) is 13.6. The van der Waals surface area contributed by atoms with Crippen LogP contribution in [0.2, 0.25) is 0 Å². The molecule has 0 amide bonds. The molecule has 0 spiro atoms. The first kappa shape index (κ1) is 18.0. The van der Waals surface area contributed by atoms with E-state index < -0.39 is 48.7 Å². The van der Waals surface area contributed by atoms with Crippen LogP contribution < -0.4 is 0 Å². The molecule has 1 aliphatic heterocycles. The van der Waals surface area contributed by atoms with Crippen LogP contribution in [0.4, 0.5) is 26.3 Å². The summed E-state index contributed by atoms with van der Waals surface area (Å²) >= 11 is 0. The largest absolute Gasteiger partial charge is 0.505 e. The van der Waals surface area contributed by atoms with Gasteiger partial charge in [0.1, 0.15) is 6.04 Å². The zero-order chi connectivity index (χ0) is 17.3. The van der Waals surface area contributed by atoms with Gasteiger partial charge in [0.15, 0.2) is 10.7 Å². The van der Waals surface area contributed by atoms with Crippen LogP contribution >= 0.6 is 0 Å². The molecule has 22 heavy (non-hydrogen) atoms. The quantitative estimate of drug-likeness (QED) is 0.372. The molecule has 0 aromatic heterocycles. The highest BCUT2D eigenvalue weighted by atomic mass is 19.4. The van der Waals surface area contributed by atoms with E-state index in [1.54, 1.807) is 0 Å². The fraction of sp³-hybridized carbons (Fsp3) is 0.700. The molecule has 0 aromatic rings. The number of hydrogen-bond donors (Lipinski definition) is 1. The highest BCUT2D eigenvalue weighted by molar-refractivity contribution is 5.78. The molecule has 0 saturated carbocycles. The lowest BCUT2D eigenvalue weighted by Crippen LogP contribution is -2.65. The predicted molar refractivity (Wildman–Crippen MR) is 57.5 cm³/mol. The molecule has 0 aliphatic carbocycles. The van der Waals surface area contributed by atoms with Crippen LogP contribution in [0.1, 0.15) is 12.8 Å². The Hall–Kier alpha value is -2.03. The van der Waals surface area contributed by atoms with Crippen molar-refractivity contribution >= 4 is 5.97 Å². The van der Waals surface area contributed by atoms with Gasteiger partial charge in [-0.3, -0.25) is 4.79 Å². The van der Waals surface area contributed by atoms with Gasteiger partial charge in [-0.05, 0) is 13.5 Å². The second kappa shape index (κ2) is 5.64. The van der Waals surface area contributed by atoms with Crippen LogP contribution in [-0.4, -0.2) is 47.1 Å². The molecule has 1 saturated heterocycles. The van der Waals surface area contributed by atoms with Crippen molar-refractivity contribution in [3.63, 3.8) is 0 Å². The van der Waals surface area contributed by atoms with Gasteiger partial charge < -0.3 is 9.84 Å². The molecular weight excluding hydrogens is 324 g/mol. The lowest BCUT2D eigenvalue weighted by atomic mass is 10.1. The van der Waals surface area contributed by atoms with Gasteiger partial charge in [-0.2, -0.15) is 26.3 Å². The number of nitrogens with zero attached hydrogens (tertiary/aromatic N) is 3. The van der Waals surface area contributed by atoms with Gasteiger partial charge >= 0.3 is 30.2 Å². The average molecular weight is 334 g/mol. The number of rotatable bonds is 3. The summed E-state index contributed by atoms with van der Waals surface area (Å²) < 4.78 is 80.9. The maximum absolute atomic E-state index is 12.9. The standard InChI is InChI=1S/C10H9F6N3O3/c1-19-6(3-2-5(20)4-18-17)7(21)22-8(19,9(11,12)13)10(14,15)16/h4,6H,2-3H2,1H3/p+1/b5-4-/t6-/m0/s1. The van der Waals surface area contributed by atoms with Crippen molar-refractivity contribution in [2.45, 2.75) is 37.0 Å². The highest BCUT2D eigenvalue weighted by Crippen LogP contribution is 2.51. The normalized spacial score (nSPS) is 23.3. The number of carbonyl (C=O) groups excluding carboxylic acids is 1.